The second kappa shape index (κ2) is 7.11. The number of H-pyrrole nitrogens is 2. The lowest BCUT2D eigenvalue weighted by Gasteiger charge is -2.35. The summed E-state index contributed by atoms with van der Waals surface area (Å²) in [4.78, 5) is 28.7. The van der Waals surface area contributed by atoms with E-state index in [4.69, 9.17) is 0 Å². The van der Waals surface area contributed by atoms with Crippen molar-refractivity contribution in [2.24, 2.45) is 5.92 Å². The van der Waals surface area contributed by atoms with Crippen LogP contribution in [0.2, 0.25) is 0 Å². The summed E-state index contributed by atoms with van der Waals surface area (Å²) in [6.45, 7) is 0.783. The van der Waals surface area contributed by atoms with E-state index in [1.54, 1.807) is 0 Å². The Morgan fingerprint density at radius 1 is 1.09 bits per heavy atom. The van der Waals surface area contributed by atoms with Crippen molar-refractivity contribution in [3.8, 4) is 0 Å². The molecule has 1 aliphatic heterocycles. The van der Waals surface area contributed by atoms with E-state index in [0.717, 1.165) is 25.8 Å². The number of aromatic amines is 2. The highest BCUT2D eigenvalue weighted by Gasteiger charge is 2.31. The first-order chi connectivity index (χ1) is 10.7. The fourth-order valence-corrected chi connectivity index (χ4v) is 3.89. The van der Waals surface area contributed by atoms with Gasteiger partial charge in [-0.1, -0.05) is 25.7 Å². The van der Waals surface area contributed by atoms with Gasteiger partial charge in [-0.25, -0.2) is 9.89 Å². The third kappa shape index (κ3) is 3.59. The van der Waals surface area contributed by atoms with Crippen molar-refractivity contribution in [3.05, 3.63) is 16.3 Å². The van der Waals surface area contributed by atoms with Crippen LogP contribution in [0.1, 0.15) is 76.1 Å². The van der Waals surface area contributed by atoms with E-state index < -0.39 is 0 Å². The molecular weight excluding hydrogens is 280 g/mol. The number of piperidine rings is 1. The van der Waals surface area contributed by atoms with E-state index in [9.17, 15) is 9.59 Å². The summed E-state index contributed by atoms with van der Waals surface area (Å²) in [7, 11) is 0. The van der Waals surface area contributed by atoms with E-state index >= 15 is 0 Å². The highest BCUT2D eigenvalue weighted by molar-refractivity contribution is 5.77. The molecule has 1 amide bonds. The first-order valence-electron chi connectivity index (χ1n) is 8.68. The van der Waals surface area contributed by atoms with E-state index in [-0.39, 0.29) is 17.6 Å². The van der Waals surface area contributed by atoms with E-state index in [0.29, 0.717) is 18.2 Å². The molecule has 1 aromatic heterocycles. The minimum Gasteiger partial charge on any atom is -0.332 e. The maximum atomic E-state index is 12.8. The second-order valence-electron chi connectivity index (χ2n) is 6.72. The molecule has 1 aromatic rings. The van der Waals surface area contributed by atoms with Crippen LogP contribution in [0.25, 0.3) is 0 Å². The summed E-state index contributed by atoms with van der Waals surface area (Å²) in [6.07, 6.45) is 11.2. The fraction of sp³-hybridized carbons (Fsp3) is 0.812. The van der Waals surface area contributed by atoms with E-state index in [1.165, 1.54) is 38.5 Å². The quantitative estimate of drug-likeness (QED) is 0.842. The lowest BCUT2D eigenvalue weighted by atomic mass is 9.94. The number of nitrogens with one attached hydrogen (secondary N) is 2. The molecule has 0 unspecified atom stereocenters. The van der Waals surface area contributed by atoms with Crippen LogP contribution in [-0.4, -0.2) is 32.5 Å². The van der Waals surface area contributed by atoms with Crippen LogP contribution in [0, 0.1) is 5.92 Å². The van der Waals surface area contributed by atoms with Gasteiger partial charge in [0.25, 0.3) is 0 Å². The Labute approximate surface area is 130 Å². The summed E-state index contributed by atoms with van der Waals surface area (Å²) >= 11 is 0. The predicted molar refractivity (Wildman–Crippen MR) is 83.3 cm³/mol. The number of hydrogen-bond acceptors (Lipinski definition) is 3. The molecule has 0 radical (unpaired) electrons. The monoisotopic (exact) mass is 306 g/mol. The van der Waals surface area contributed by atoms with Gasteiger partial charge in [-0.15, -0.1) is 0 Å². The van der Waals surface area contributed by atoms with Crippen molar-refractivity contribution in [1.82, 2.24) is 20.1 Å². The standard InChI is InChI=1S/C16H26N4O2/c21-14(11-12-7-3-1-2-4-8-12)20-10-6-5-9-13(20)15-17-16(22)19-18-15/h12-13H,1-11H2,(H2,17,18,19,22)/t13-/m0/s1. The van der Waals surface area contributed by atoms with Gasteiger partial charge in [0.2, 0.25) is 5.91 Å². The highest BCUT2D eigenvalue weighted by Crippen LogP contribution is 2.31. The Kier molecular flexibility index (Phi) is 4.95. The molecule has 3 rings (SSSR count). The van der Waals surface area contributed by atoms with Gasteiger partial charge in [-0.2, -0.15) is 5.10 Å². The topological polar surface area (TPSA) is 81.8 Å². The van der Waals surface area contributed by atoms with Gasteiger partial charge in [0.15, 0.2) is 5.82 Å². The summed E-state index contributed by atoms with van der Waals surface area (Å²) in [5.74, 6) is 1.38. The molecule has 0 spiro atoms. The molecule has 0 aromatic carbocycles. The summed E-state index contributed by atoms with van der Waals surface area (Å²) in [5, 5.41) is 6.46. The third-order valence-electron chi connectivity index (χ3n) is 5.10. The van der Waals surface area contributed by atoms with Gasteiger partial charge in [0.05, 0.1) is 6.04 Å². The van der Waals surface area contributed by atoms with Crippen molar-refractivity contribution in [3.63, 3.8) is 0 Å². The number of nitrogens with zero attached hydrogens (tertiary/aromatic N) is 2. The molecule has 2 fully saturated rings. The molecule has 0 bridgehead atoms. The van der Waals surface area contributed by atoms with Crippen molar-refractivity contribution in [2.45, 2.75) is 70.3 Å². The molecule has 2 heterocycles. The zero-order valence-corrected chi connectivity index (χ0v) is 13.1. The van der Waals surface area contributed by atoms with Crippen LogP contribution in [0.15, 0.2) is 4.79 Å². The molecule has 1 aliphatic carbocycles. The van der Waals surface area contributed by atoms with E-state index in [1.807, 2.05) is 4.90 Å². The molecular formula is C16H26N4O2. The zero-order chi connectivity index (χ0) is 15.4. The third-order valence-corrected chi connectivity index (χ3v) is 5.10. The van der Waals surface area contributed by atoms with Crippen molar-refractivity contribution in [1.29, 1.82) is 0 Å². The van der Waals surface area contributed by atoms with Gasteiger partial charge in [-0.3, -0.25) is 9.78 Å². The number of hydrogen-bond donors (Lipinski definition) is 2. The smallest absolute Gasteiger partial charge is 0.332 e. The summed E-state index contributed by atoms with van der Waals surface area (Å²) in [5.41, 5.74) is -0.295. The molecule has 1 saturated carbocycles. The first-order valence-corrected chi connectivity index (χ1v) is 8.68. The number of likely N-dealkylation sites (tertiary alicyclic amines) is 1. The minimum atomic E-state index is -0.295. The van der Waals surface area contributed by atoms with Gasteiger partial charge in [0.1, 0.15) is 0 Å². The molecule has 22 heavy (non-hydrogen) atoms. The molecule has 6 heteroatoms. The van der Waals surface area contributed by atoms with Crippen molar-refractivity contribution in [2.75, 3.05) is 6.54 Å². The Morgan fingerprint density at radius 2 is 1.82 bits per heavy atom. The molecule has 1 saturated heterocycles. The lowest BCUT2D eigenvalue weighted by Crippen LogP contribution is -2.39. The van der Waals surface area contributed by atoms with Crippen LogP contribution in [0.5, 0.6) is 0 Å². The van der Waals surface area contributed by atoms with Crippen molar-refractivity contribution >= 4 is 5.91 Å². The normalized spacial score (nSPS) is 24.2. The maximum Gasteiger partial charge on any atom is 0.340 e. The molecule has 122 valence electrons. The second-order valence-corrected chi connectivity index (χ2v) is 6.72. The fourth-order valence-electron chi connectivity index (χ4n) is 3.89. The van der Waals surface area contributed by atoms with Gasteiger partial charge < -0.3 is 4.90 Å². The number of rotatable bonds is 3. The van der Waals surface area contributed by atoms with Gasteiger partial charge >= 0.3 is 5.69 Å². The van der Waals surface area contributed by atoms with Crippen LogP contribution >= 0.6 is 0 Å². The number of aromatic nitrogens is 3. The Morgan fingerprint density at radius 3 is 2.50 bits per heavy atom. The molecule has 6 nitrogen and oxygen atoms in total. The average Bonchev–Trinajstić information content (AvgIpc) is 2.80. The Balaban J connectivity index is 1.67. The van der Waals surface area contributed by atoms with Crippen molar-refractivity contribution < 1.29 is 4.79 Å². The summed E-state index contributed by atoms with van der Waals surface area (Å²) < 4.78 is 0. The van der Waals surface area contributed by atoms with Gasteiger partial charge in [-0.05, 0) is 38.0 Å². The number of amides is 1. The lowest BCUT2D eigenvalue weighted by molar-refractivity contribution is -0.136. The number of carbonyl (C=O) groups excluding carboxylic acids is 1. The Hall–Kier alpha value is -1.59. The average molecular weight is 306 g/mol. The van der Waals surface area contributed by atoms with Crippen LogP contribution < -0.4 is 5.69 Å². The van der Waals surface area contributed by atoms with Crippen LogP contribution in [-0.2, 0) is 4.79 Å². The van der Waals surface area contributed by atoms with Crippen LogP contribution in [0.3, 0.4) is 0 Å². The number of carbonyl (C=O) groups is 1. The Bertz CT molecular complexity index is 542. The molecule has 1 atom stereocenters. The zero-order valence-electron chi connectivity index (χ0n) is 13.1. The molecule has 2 aliphatic rings. The van der Waals surface area contributed by atoms with Gasteiger partial charge in [0, 0.05) is 13.0 Å². The largest absolute Gasteiger partial charge is 0.340 e. The SMILES string of the molecule is O=C(CC1CCCCCC1)N1CCCC[C@H]1c1n[nH]c(=O)[nH]1. The molecule has 2 N–H and O–H groups in total. The van der Waals surface area contributed by atoms with E-state index in [2.05, 4.69) is 15.2 Å². The van der Waals surface area contributed by atoms with Crippen LogP contribution in [0.4, 0.5) is 0 Å². The summed E-state index contributed by atoms with van der Waals surface area (Å²) in [6, 6.07) is -0.0639. The minimum absolute atomic E-state index is 0.0639. The highest BCUT2D eigenvalue weighted by atomic mass is 16.2. The maximum absolute atomic E-state index is 12.8. The predicted octanol–water partition coefficient (Wildman–Crippen LogP) is 2.51. The first kappa shape index (κ1) is 15.3.